The second-order valence-corrected chi connectivity index (χ2v) is 1.20. The van der Waals surface area contributed by atoms with Gasteiger partial charge in [-0.2, -0.15) is 0 Å². The molecule has 0 spiro atoms. The van der Waals surface area contributed by atoms with Crippen LogP contribution < -0.4 is 5.73 Å². The molecule has 0 bridgehead atoms. The Morgan fingerprint density at radius 3 is 2.50 bits per heavy atom. The molecule has 3 heteroatoms. The van der Waals surface area contributed by atoms with E-state index in [9.17, 15) is 0 Å². The van der Waals surface area contributed by atoms with E-state index >= 15 is 0 Å². The van der Waals surface area contributed by atoms with Crippen molar-refractivity contribution in [2.24, 2.45) is 5.73 Å². The van der Waals surface area contributed by atoms with Crippen LogP contribution in [0, 0.1) is 0 Å². The fourth-order valence-corrected chi connectivity index (χ4v) is 0.333. The number of hydrogen-bond donors (Lipinski definition) is 1. The SMILES string of the molecule is NCCOCP. The molecule has 6 heavy (non-hydrogen) atoms. The first-order valence-electron chi connectivity index (χ1n) is 1.89. The van der Waals surface area contributed by atoms with Crippen LogP contribution in [0.25, 0.3) is 0 Å². The predicted octanol–water partition coefficient (Wildman–Crippen LogP) is -0.206. The molecule has 0 aliphatic carbocycles. The lowest BCUT2D eigenvalue weighted by atomic mass is 10.7. The Kier molecular flexibility index (Phi) is 5.66. The second kappa shape index (κ2) is 5.35. The van der Waals surface area contributed by atoms with Crippen molar-refractivity contribution in [1.82, 2.24) is 0 Å². The molecular weight excluding hydrogens is 97.0 g/mol. The van der Waals surface area contributed by atoms with E-state index in [-0.39, 0.29) is 0 Å². The highest BCUT2D eigenvalue weighted by atomic mass is 31.0. The average Bonchev–Trinajstić information content (AvgIpc) is 1.61. The lowest BCUT2D eigenvalue weighted by molar-refractivity contribution is 0.191. The summed E-state index contributed by atoms with van der Waals surface area (Å²) < 4.78 is 4.82. The van der Waals surface area contributed by atoms with Gasteiger partial charge in [0.1, 0.15) is 0 Å². The maximum atomic E-state index is 5.08. The molecule has 0 amide bonds. The van der Waals surface area contributed by atoms with Gasteiger partial charge in [-0.3, -0.25) is 0 Å². The number of ether oxygens (including phenoxy) is 1. The van der Waals surface area contributed by atoms with Crippen molar-refractivity contribution >= 4 is 9.24 Å². The van der Waals surface area contributed by atoms with Gasteiger partial charge in [0.15, 0.2) is 0 Å². The van der Waals surface area contributed by atoms with Crippen LogP contribution in [0.2, 0.25) is 0 Å². The van der Waals surface area contributed by atoms with Gasteiger partial charge < -0.3 is 10.5 Å². The minimum absolute atomic E-state index is 0.619. The molecule has 2 N–H and O–H groups in total. The van der Waals surface area contributed by atoms with Gasteiger partial charge in [-0.25, -0.2) is 0 Å². The highest BCUT2D eigenvalue weighted by Gasteiger charge is 1.72. The van der Waals surface area contributed by atoms with Gasteiger partial charge in [0.25, 0.3) is 0 Å². The molecular formula is C3H10NOP. The van der Waals surface area contributed by atoms with E-state index in [0.717, 1.165) is 0 Å². The summed E-state index contributed by atoms with van der Waals surface area (Å²) in [7, 11) is 2.45. The first kappa shape index (κ1) is 6.35. The molecule has 0 aromatic heterocycles. The quantitative estimate of drug-likeness (QED) is 0.400. The number of rotatable bonds is 3. The van der Waals surface area contributed by atoms with Crippen LogP contribution in [0.1, 0.15) is 0 Å². The third-order valence-corrected chi connectivity index (χ3v) is 0.616. The van der Waals surface area contributed by atoms with Gasteiger partial charge in [0, 0.05) is 6.54 Å². The maximum Gasteiger partial charge on any atom is 0.0602 e. The molecule has 0 aliphatic heterocycles. The predicted molar refractivity (Wildman–Crippen MR) is 29.6 cm³/mol. The monoisotopic (exact) mass is 107 g/mol. The molecule has 0 aromatic carbocycles. The van der Waals surface area contributed by atoms with Crippen molar-refractivity contribution in [1.29, 1.82) is 0 Å². The van der Waals surface area contributed by atoms with E-state index in [0.29, 0.717) is 19.5 Å². The zero-order valence-corrected chi connectivity index (χ0v) is 4.84. The average molecular weight is 107 g/mol. The van der Waals surface area contributed by atoms with Gasteiger partial charge in [-0.05, 0) is 0 Å². The standard InChI is InChI=1S/C3H10NOP/c4-1-2-5-3-6/h1-4,6H2. The van der Waals surface area contributed by atoms with Crippen LogP contribution in [0.5, 0.6) is 0 Å². The van der Waals surface area contributed by atoms with Crippen LogP contribution in [-0.2, 0) is 4.74 Å². The molecule has 0 heterocycles. The van der Waals surface area contributed by atoms with Crippen molar-refractivity contribution in [2.45, 2.75) is 0 Å². The van der Waals surface area contributed by atoms with Gasteiger partial charge in [0.2, 0.25) is 0 Å². The Morgan fingerprint density at radius 1 is 1.67 bits per heavy atom. The van der Waals surface area contributed by atoms with Crippen molar-refractivity contribution in [3.05, 3.63) is 0 Å². The Morgan fingerprint density at radius 2 is 2.33 bits per heavy atom. The highest BCUT2D eigenvalue weighted by molar-refractivity contribution is 7.16. The number of hydrogen-bond acceptors (Lipinski definition) is 2. The molecule has 0 saturated carbocycles. The van der Waals surface area contributed by atoms with Crippen molar-refractivity contribution in [3.63, 3.8) is 0 Å². The Balaban J connectivity index is 2.34. The minimum Gasteiger partial charge on any atom is -0.376 e. The molecule has 0 aromatic rings. The van der Waals surface area contributed by atoms with Crippen LogP contribution in [0.3, 0.4) is 0 Å². The van der Waals surface area contributed by atoms with Gasteiger partial charge >= 0.3 is 0 Å². The summed E-state index contributed by atoms with van der Waals surface area (Å²) in [5.41, 5.74) is 5.08. The zero-order chi connectivity index (χ0) is 4.83. The molecule has 0 aliphatic rings. The summed E-state index contributed by atoms with van der Waals surface area (Å²) in [6.07, 6.45) is 0.692. The molecule has 1 unspecified atom stereocenters. The van der Waals surface area contributed by atoms with E-state index in [2.05, 4.69) is 9.24 Å². The Hall–Kier alpha value is 0.350. The number of nitrogens with two attached hydrogens (primary N) is 1. The second-order valence-electron chi connectivity index (χ2n) is 0.864. The largest absolute Gasteiger partial charge is 0.376 e. The van der Waals surface area contributed by atoms with Crippen molar-refractivity contribution in [2.75, 3.05) is 19.5 Å². The van der Waals surface area contributed by atoms with E-state index in [4.69, 9.17) is 10.5 Å². The van der Waals surface area contributed by atoms with Gasteiger partial charge in [0.05, 0.1) is 13.0 Å². The summed E-state index contributed by atoms with van der Waals surface area (Å²) in [6, 6.07) is 0. The molecule has 0 rings (SSSR count). The van der Waals surface area contributed by atoms with Gasteiger partial charge in [-0.15, -0.1) is 9.24 Å². The third-order valence-electron chi connectivity index (χ3n) is 0.380. The van der Waals surface area contributed by atoms with Crippen LogP contribution >= 0.6 is 9.24 Å². The fraction of sp³-hybridized carbons (Fsp3) is 1.00. The Labute approximate surface area is 40.3 Å². The summed E-state index contributed by atoms with van der Waals surface area (Å²) in [5, 5.41) is 0. The summed E-state index contributed by atoms with van der Waals surface area (Å²) in [6.45, 7) is 1.29. The van der Waals surface area contributed by atoms with Crippen molar-refractivity contribution in [3.8, 4) is 0 Å². The summed E-state index contributed by atoms with van der Waals surface area (Å²) in [4.78, 5) is 0. The molecule has 0 saturated heterocycles. The topological polar surface area (TPSA) is 35.2 Å². The maximum absolute atomic E-state index is 5.08. The van der Waals surface area contributed by atoms with E-state index < -0.39 is 0 Å². The van der Waals surface area contributed by atoms with E-state index in [1.54, 1.807) is 0 Å². The molecule has 0 fully saturated rings. The highest BCUT2D eigenvalue weighted by Crippen LogP contribution is 1.78. The smallest absolute Gasteiger partial charge is 0.0602 e. The minimum atomic E-state index is 0.619. The zero-order valence-electron chi connectivity index (χ0n) is 3.68. The summed E-state index contributed by atoms with van der Waals surface area (Å²) in [5.74, 6) is 0. The molecule has 38 valence electrons. The van der Waals surface area contributed by atoms with Crippen molar-refractivity contribution < 1.29 is 4.74 Å². The molecule has 2 nitrogen and oxygen atoms in total. The van der Waals surface area contributed by atoms with E-state index in [1.165, 1.54) is 0 Å². The first-order chi connectivity index (χ1) is 2.91. The van der Waals surface area contributed by atoms with Crippen LogP contribution in [0.15, 0.2) is 0 Å². The fourth-order valence-electron chi connectivity index (χ4n) is 0.167. The lowest BCUT2D eigenvalue weighted by Crippen LogP contribution is -2.06. The molecule has 1 atom stereocenters. The molecule has 0 radical (unpaired) electrons. The lowest BCUT2D eigenvalue weighted by Gasteiger charge is -1.91. The third kappa shape index (κ3) is 4.35. The van der Waals surface area contributed by atoms with Crippen LogP contribution in [0.4, 0.5) is 0 Å². The van der Waals surface area contributed by atoms with E-state index in [1.807, 2.05) is 0 Å². The first-order valence-corrected chi connectivity index (χ1v) is 2.71. The Bertz CT molecular complexity index is 22.8. The van der Waals surface area contributed by atoms with Gasteiger partial charge in [-0.1, -0.05) is 0 Å². The summed E-state index contributed by atoms with van der Waals surface area (Å²) >= 11 is 0. The van der Waals surface area contributed by atoms with Crippen LogP contribution in [-0.4, -0.2) is 19.5 Å². The normalized spacial score (nSPS) is 9.00.